The summed E-state index contributed by atoms with van der Waals surface area (Å²) in [5, 5.41) is 2.99. The number of aryl methyl sites for hydroxylation is 2. The van der Waals surface area contributed by atoms with E-state index in [-0.39, 0.29) is 0 Å². The van der Waals surface area contributed by atoms with Crippen LogP contribution in [-0.2, 0) is 0 Å². The molecule has 1 aromatic rings. The maximum absolute atomic E-state index is 12.7. The Kier molecular flexibility index (Phi) is 5.86. The molecule has 0 aliphatic rings. The Bertz CT molecular complexity index is 429. The van der Waals surface area contributed by atoms with E-state index in [1.54, 1.807) is 0 Å². The summed E-state index contributed by atoms with van der Waals surface area (Å²) in [5.41, 5.74) is 2.55. The first kappa shape index (κ1) is 16.5. The fraction of sp³-hybridized carbons (Fsp3) is 0.571. The average Bonchev–Trinajstić information content (AvgIpc) is 2.28. The quantitative estimate of drug-likeness (QED) is 0.791. The van der Waals surface area contributed by atoms with Crippen LogP contribution in [0.4, 0.5) is 13.2 Å². The Morgan fingerprint density at radius 1 is 1.21 bits per heavy atom. The number of benzene rings is 1. The molecule has 0 spiro atoms. The molecule has 0 saturated heterocycles. The Morgan fingerprint density at radius 3 is 2.37 bits per heavy atom. The van der Waals surface area contributed by atoms with Gasteiger partial charge < -0.3 is 5.32 Å². The van der Waals surface area contributed by atoms with E-state index in [2.05, 4.69) is 21.2 Å². The lowest BCUT2D eigenvalue weighted by atomic mass is 9.96. The van der Waals surface area contributed by atoms with Crippen molar-refractivity contribution in [2.75, 3.05) is 6.54 Å². The zero-order chi connectivity index (χ0) is 14.6. The predicted octanol–water partition coefficient (Wildman–Crippen LogP) is 5.06. The first-order chi connectivity index (χ1) is 8.74. The molecule has 0 fully saturated rings. The second kappa shape index (κ2) is 6.75. The lowest BCUT2D eigenvalue weighted by molar-refractivity contribution is -0.140. The lowest BCUT2D eigenvalue weighted by Crippen LogP contribution is -2.28. The van der Waals surface area contributed by atoms with Gasteiger partial charge in [0.05, 0.1) is 6.42 Å². The van der Waals surface area contributed by atoms with Crippen molar-refractivity contribution in [3.05, 3.63) is 33.3 Å². The van der Waals surface area contributed by atoms with Crippen molar-refractivity contribution in [2.24, 2.45) is 0 Å². The Morgan fingerprint density at radius 2 is 1.84 bits per heavy atom. The molecular formula is C14H19BrF3N. The number of halogens is 4. The van der Waals surface area contributed by atoms with Gasteiger partial charge in [-0.15, -0.1) is 0 Å². The molecule has 19 heavy (non-hydrogen) atoms. The monoisotopic (exact) mass is 337 g/mol. The lowest BCUT2D eigenvalue weighted by Gasteiger charge is -2.23. The normalized spacial score (nSPS) is 13.6. The van der Waals surface area contributed by atoms with Crippen molar-refractivity contribution in [3.63, 3.8) is 0 Å². The van der Waals surface area contributed by atoms with E-state index >= 15 is 0 Å². The van der Waals surface area contributed by atoms with Crippen molar-refractivity contribution in [3.8, 4) is 0 Å². The summed E-state index contributed by atoms with van der Waals surface area (Å²) in [6.07, 6.45) is -4.20. The highest BCUT2D eigenvalue weighted by molar-refractivity contribution is 9.10. The fourth-order valence-corrected chi connectivity index (χ4v) is 2.48. The highest BCUT2D eigenvalue weighted by Gasteiger charge is 2.33. The van der Waals surface area contributed by atoms with E-state index in [1.807, 2.05) is 32.9 Å². The maximum Gasteiger partial charge on any atom is 0.390 e. The molecule has 1 N–H and O–H groups in total. The van der Waals surface area contributed by atoms with Gasteiger partial charge in [0.2, 0.25) is 0 Å². The molecule has 0 radical (unpaired) electrons. The number of rotatable bonds is 5. The van der Waals surface area contributed by atoms with Gasteiger partial charge in [-0.3, -0.25) is 0 Å². The summed E-state index contributed by atoms with van der Waals surface area (Å²) in [6, 6.07) is 3.03. The van der Waals surface area contributed by atoms with Crippen LogP contribution in [-0.4, -0.2) is 12.7 Å². The minimum Gasteiger partial charge on any atom is -0.310 e. The van der Waals surface area contributed by atoms with E-state index in [1.165, 1.54) is 0 Å². The highest BCUT2D eigenvalue weighted by Crippen LogP contribution is 2.33. The van der Waals surface area contributed by atoms with Crippen LogP contribution in [0.5, 0.6) is 0 Å². The summed E-state index contributed by atoms with van der Waals surface area (Å²) in [6.45, 7) is 6.25. The van der Waals surface area contributed by atoms with E-state index in [4.69, 9.17) is 0 Å². The molecule has 1 atom stereocenters. The van der Waals surface area contributed by atoms with Gasteiger partial charge in [0, 0.05) is 10.5 Å². The van der Waals surface area contributed by atoms with Crippen LogP contribution >= 0.6 is 15.9 Å². The maximum atomic E-state index is 12.7. The van der Waals surface area contributed by atoms with E-state index < -0.39 is 18.6 Å². The van der Waals surface area contributed by atoms with Crippen molar-refractivity contribution >= 4 is 15.9 Å². The molecule has 1 rings (SSSR count). The number of nitrogens with one attached hydrogen (secondary N) is 1. The van der Waals surface area contributed by atoms with Crippen LogP contribution < -0.4 is 5.32 Å². The molecular weight excluding hydrogens is 319 g/mol. The minimum absolute atomic E-state index is 0.579. The van der Waals surface area contributed by atoms with E-state index in [0.29, 0.717) is 6.54 Å². The second-order valence-electron chi connectivity index (χ2n) is 4.78. The third kappa shape index (κ3) is 5.15. The van der Waals surface area contributed by atoms with Gasteiger partial charge >= 0.3 is 6.18 Å². The van der Waals surface area contributed by atoms with Crippen LogP contribution in [0.15, 0.2) is 16.6 Å². The van der Waals surface area contributed by atoms with Crippen molar-refractivity contribution in [1.29, 1.82) is 0 Å². The topological polar surface area (TPSA) is 12.0 Å². The van der Waals surface area contributed by atoms with Crippen molar-refractivity contribution in [1.82, 2.24) is 5.32 Å². The van der Waals surface area contributed by atoms with E-state index in [9.17, 15) is 13.2 Å². The Hall–Kier alpha value is -0.550. The molecule has 0 amide bonds. The van der Waals surface area contributed by atoms with Crippen LogP contribution in [0.2, 0.25) is 0 Å². The van der Waals surface area contributed by atoms with Gasteiger partial charge in [0.15, 0.2) is 0 Å². The predicted molar refractivity (Wildman–Crippen MR) is 75.3 cm³/mol. The van der Waals surface area contributed by atoms with Gasteiger partial charge in [-0.05, 0) is 49.6 Å². The Labute approximate surface area is 120 Å². The molecule has 0 saturated carbocycles. The molecule has 5 heteroatoms. The molecule has 0 aliphatic heterocycles. The third-order valence-corrected chi connectivity index (χ3v) is 3.85. The van der Waals surface area contributed by atoms with Gasteiger partial charge in [0.1, 0.15) is 0 Å². The van der Waals surface area contributed by atoms with Crippen molar-refractivity contribution in [2.45, 2.75) is 45.8 Å². The highest BCUT2D eigenvalue weighted by atomic mass is 79.9. The van der Waals surface area contributed by atoms with Gasteiger partial charge in [0.25, 0.3) is 0 Å². The van der Waals surface area contributed by atoms with Gasteiger partial charge in [-0.1, -0.05) is 28.9 Å². The largest absolute Gasteiger partial charge is 0.390 e. The zero-order valence-electron chi connectivity index (χ0n) is 11.4. The fourth-order valence-electron chi connectivity index (χ4n) is 2.02. The zero-order valence-corrected chi connectivity index (χ0v) is 13.0. The van der Waals surface area contributed by atoms with Crippen LogP contribution in [0, 0.1) is 13.8 Å². The summed E-state index contributed by atoms with van der Waals surface area (Å²) in [4.78, 5) is 0. The Balaban J connectivity index is 3.06. The number of hydrogen-bond acceptors (Lipinski definition) is 1. The molecule has 1 nitrogen and oxygen atoms in total. The van der Waals surface area contributed by atoms with Crippen LogP contribution in [0.3, 0.4) is 0 Å². The molecule has 0 heterocycles. The molecule has 0 aromatic heterocycles. The minimum atomic E-state index is -4.17. The molecule has 0 aliphatic carbocycles. The molecule has 0 bridgehead atoms. The number of hydrogen-bond donors (Lipinski definition) is 1. The first-order valence-electron chi connectivity index (χ1n) is 6.31. The van der Waals surface area contributed by atoms with E-state index in [0.717, 1.165) is 27.6 Å². The second-order valence-corrected chi connectivity index (χ2v) is 5.64. The van der Waals surface area contributed by atoms with Crippen LogP contribution in [0.1, 0.15) is 42.5 Å². The first-order valence-corrected chi connectivity index (χ1v) is 7.10. The number of alkyl halides is 3. The molecule has 1 aromatic carbocycles. The summed E-state index contributed by atoms with van der Waals surface area (Å²) < 4.78 is 39.0. The molecule has 108 valence electrons. The summed E-state index contributed by atoms with van der Waals surface area (Å²) in [7, 11) is 0. The summed E-state index contributed by atoms with van der Waals surface area (Å²) in [5.74, 6) is 0. The third-order valence-electron chi connectivity index (χ3n) is 3.00. The standard InChI is InChI=1S/C14H19BrF3N/c1-4-5-19-13(8-14(16,17)18)11-6-10(3)12(15)7-9(11)2/h6-7,13,19H,4-5,8H2,1-3H3. The van der Waals surface area contributed by atoms with Gasteiger partial charge in [-0.2, -0.15) is 13.2 Å². The van der Waals surface area contributed by atoms with Crippen molar-refractivity contribution < 1.29 is 13.2 Å². The summed E-state index contributed by atoms with van der Waals surface area (Å²) >= 11 is 3.40. The molecule has 1 unspecified atom stereocenters. The smallest absolute Gasteiger partial charge is 0.310 e. The van der Waals surface area contributed by atoms with Crippen LogP contribution in [0.25, 0.3) is 0 Å². The average molecular weight is 338 g/mol. The van der Waals surface area contributed by atoms with Gasteiger partial charge in [-0.25, -0.2) is 0 Å². The SMILES string of the molecule is CCCNC(CC(F)(F)F)c1cc(C)c(Br)cc1C.